The number of unbranched alkanes of at least 4 members (excludes halogenated alkanes) is 1. The topological polar surface area (TPSA) is 66.8 Å². The zero-order valence-corrected chi connectivity index (χ0v) is 8.24. The number of hydroxylamine groups is 1. The van der Waals surface area contributed by atoms with Gasteiger partial charge >= 0.3 is 0 Å². The molecule has 0 bridgehead atoms. The van der Waals surface area contributed by atoms with Crippen LogP contribution in [0.15, 0.2) is 9.59 Å². The SMILES string of the molecule is CCCCOc1c(N(C)O)c(=O)c1=O. The Balaban J connectivity index is 2.73. The van der Waals surface area contributed by atoms with Gasteiger partial charge in [-0.2, -0.15) is 0 Å². The molecular formula is C9H13NO4. The molecule has 78 valence electrons. The molecule has 0 aliphatic carbocycles. The third-order valence-electron chi connectivity index (χ3n) is 1.91. The van der Waals surface area contributed by atoms with Crippen molar-refractivity contribution in [3.8, 4) is 5.75 Å². The van der Waals surface area contributed by atoms with Crippen molar-refractivity contribution < 1.29 is 9.94 Å². The van der Waals surface area contributed by atoms with Crippen molar-refractivity contribution in [1.82, 2.24) is 0 Å². The number of anilines is 1. The molecule has 0 aromatic heterocycles. The van der Waals surface area contributed by atoms with Gasteiger partial charge in [-0.15, -0.1) is 0 Å². The maximum Gasteiger partial charge on any atom is 0.272 e. The standard InChI is InChI=1S/C9H13NO4/c1-3-4-5-14-9-6(10(2)13)7(11)8(9)12/h13H,3-5H2,1-2H3. The quantitative estimate of drug-likeness (QED) is 0.419. The molecule has 0 heterocycles. The smallest absolute Gasteiger partial charge is 0.272 e. The third kappa shape index (κ3) is 1.77. The van der Waals surface area contributed by atoms with E-state index < -0.39 is 10.9 Å². The Labute approximate surface area is 81.2 Å². The van der Waals surface area contributed by atoms with E-state index in [-0.39, 0.29) is 11.4 Å². The Morgan fingerprint density at radius 3 is 2.50 bits per heavy atom. The summed E-state index contributed by atoms with van der Waals surface area (Å²) in [7, 11) is 1.28. The first-order valence-electron chi connectivity index (χ1n) is 4.48. The molecule has 0 aliphatic heterocycles. The predicted octanol–water partition coefficient (Wildman–Crippen LogP) is 0.287. The summed E-state index contributed by atoms with van der Waals surface area (Å²) in [6.07, 6.45) is 1.76. The maximum absolute atomic E-state index is 11.0. The highest BCUT2D eigenvalue weighted by Crippen LogP contribution is 2.19. The minimum atomic E-state index is -0.693. The Morgan fingerprint density at radius 2 is 2.00 bits per heavy atom. The fraction of sp³-hybridized carbons (Fsp3) is 0.556. The highest BCUT2D eigenvalue weighted by Gasteiger charge is 2.24. The summed E-state index contributed by atoms with van der Waals surface area (Å²) in [4.78, 5) is 22.0. The Bertz CT molecular complexity index is 376. The van der Waals surface area contributed by atoms with Crippen molar-refractivity contribution in [1.29, 1.82) is 0 Å². The van der Waals surface area contributed by atoms with Gasteiger partial charge in [-0.25, -0.2) is 0 Å². The van der Waals surface area contributed by atoms with Gasteiger partial charge in [-0.3, -0.25) is 19.9 Å². The Kier molecular flexibility index (Phi) is 3.24. The third-order valence-corrected chi connectivity index (χ3v) is 1.91. The molecule has 14 heavy (non-hydrogen) atoms. The average molecular weight is 199 g/mol. The molecule has 1 aromatic rings. The fourth-order valence-electron chi connectivity index (χ4n) is 1.11. The number of hydrogen-bond acceptors (Lipinski definition) is 5. The zero-order chi connectivity index (χ0) is 10.7. The van der Waals surface area contributed by atoms with E-state index >= 15 is 0 Å². The maximum atomic E-state index is 11.0. The van der Waals surface area contributed by atoms with Gasteiger partial charge in [0.2, 0.25) is 5.75 Å². The van der Waals surface area contributed by atoms with Gasteiger partial charge < -0.3 is 4.74 Å². The van der Waals surface area contributed by atoms with E-state index in [0.717, 1.165) is 12.8 Å². The molecule has 0 amide bonds. The summed E-state index contributed by atoms with van der Waals surface area (Å²) >= 11 is 0. The van der Waals surface area contributed by atoms with E-state index in [2.05, 4.69) is 0 Å². The predicted molar refractivity (Wildman–Crippen MR) is 51.9 cm³/mol. The average Bonchev–Trinajstić information content (AvgIpc) is 2.15. The molecule has 1 aromatic carbocycles. The summed E-state index contributed by atoms with van der Waals surface area (Å²) in [5.74, 6) is -0.0200. The number of rotatable bonds is 5. The number of ether oxygens (including phenoxy) is 1. The minimum Gasteiger partial charge on any atom is -0.487 e. The van der Waals surface area contributed by atoms with E-state index in [1.807, 2.05) is 6.92 Å². The molecule has 0 aliphatic rings. The Morgan fingerprint density at radius 1 is 1.36 bits per heavy atom. The lowest BCUT2D eigenvalue weighted by Crippen LogP contribution is -2.38. The summed E-state index contributed by atoms with van der Waals surface area (Å²) in [6, 6.07) is 0. The summed E-state index contributed by atoms with van der Waals surface area (Å²) in [5, 5.41) is 9.63. The second-order valence-electron chi connectivity index (χ2n) is 3.06. The largest absolute Gasteiger partial charge is 0.487 e. The summed E-state index contributed by atoms with van der Waals surface area (Å²) in [6.45, 7) is 2.38. The van der Waals surface area contributed by atoms with Crippen LogP contribution in [0.3, 0.4) is 0 Å². The van der Waals surface area contributed by atoms with Crippen molar-refractivity contribution in [2.24, 2.45) is 0 Å². The molecule has 0 unspecified atom stereocenters. The monoisotopic (exact) mass is 199 g/mol. The number of hydrogen-bond donors (Lipinski definition) is 1. The second kappa shape index (κ2) is 4.23. The molecule has 0 saturated heterocycles. The molecule has 0 radical (unpaired) electrons. The fourth-order valence-corrected chi connectivity index (χ4v) is 1.11. The lowest BCUT2D eigenvalue weighted by molar-refractivity contribution is 0.259. The van der Waals surface area contributed by atoms with Crippen LogP contribution in [0, 0.1) is 0 Å². The molecule has 1 rings (SSSR count). The van der Waals surface area contributed by atoms with Crippen LogP contribution in [-0.2, 0) is 0 Å². The van der Waals surface area contributed by atoms with Gasteiger partial charge in [0.15, 0.2) is 5.69 Å². The lowest BCUT2D eigenvalue weighted by Gasteiger charge is -2.16. The van der Waals surface area contributed by atoms with Gasteiger partial charge in [0.05, 0.1) is 6.61 Å². The van der Waals surface area contributed by atoms with Gasteiger partial charge in [-0.1, -0.05) is 13.3 Å². The molecule has 5 heteroatoms. The molecule has 0 fully saturated rings. The molecule has 0 spiro atoms. The number of nitrogens with zero attached hydrogens (tertiary/aromatic N) is 1. The first kappa shape index (κ1) is 10.7. The Hall–Kier alpha value is -1.36. The van der Waals surface area contributed by atoms with Gasteiger partial charge in [-0.05, 0) is 6.42 Å². The molecular weight excluding hydrogens is 186 g/mol. The van der Waals surface area contributed by atoms with Crippen LogP contribution in [0.1, 0.15) is 19.8 Å². The van der Waals surface area contributed by atoms with Crippen LogP contribution in [0.25, 0.3) is 0 Å². The van der Waals surface area contributed by atoms with Crippen LogP contribution in [0.2, 0.25) is 0 Å². The van der Waals surface area contributed by atoms with E-state index in [4.69, 9.17) is 9.94 Å². The second-order valence-corrected chi connectivity index (χ2v) is 3.06. The molecule has 0 saturated carbocycles. The minimum absolute atomic E-state index is 0.0200. The highest BCUT2D eigenvalue weighted by atomic mass is 16.5. The highest BCUT2D eigenvalue weighted by molar-refractivity contribution is 5.61. The molecule has 1 N–H and O–H groups in total. The van der Waals surface area contributed by atoms with Gasteiger partial charge in [0.1, 0.15) is 0 Å². The van der Waals surface area contributed by atoms with Gasteiger partial charge in [0.25, 0.3) is 10.9 Å². The van der Waals surface area contributed by atoms with E-state index in [0.29, 0.717) is 11.7 Å². The normalized spacial score (nSPS) is 10.5. The van der Waals surface area contributed by atoms with Crippen molar-refractivity contribution in [2.45, 2.75) is 19.8 Å². The zero-order valence-electron chi connectivity index (χ0n) is 8.24. The van der Waals surface area contributed by atoms with Crippen LogP contribution in [0.5, 0.6) is 5.75 Å². The van der Waals surface area contributed by atoms with Crippen molar-refractivity contribution in [2.75, 3.05) is 18.7 Å². The first-order valence-corrected chi connectivity index (χ1v) is 4.48. The van der Waals surface area contributed by atoms with Crippen molar-refractivity contribution >= 4 is 5.69 Å². The van der Waals surface area contributed by atoms with Crippen LogP contribution >= 0.6 is 0 Å². The van der Waals surface area contributed by atoms with E-state index in [9.17, 15) is 9.59 Å². The van der Waals surface area contributed by atoms with Crippen molar-refractivity contribution in [3.63, 3.8) is 0 Å². The van der Waals surface area contributed by atoms with Gasteiger partial charge in [0, 0.05) is 7.05 Å². The first-order chi connectivity index (χ1) is 6.59. The summed E-state index contributed by atoms with van der Waals surface area (Å²) < 4.78 is 5.08. The van der Waals surface area contributed by atoms with E-state index in [1.165, 1.54) is 7.05 Å². The van der Waals surface area contributed by atoms with E-state index in [1.54, 1.807) is 0 Å². The molecule has 0 atom stereocenters. The van der Waals surface area contributed by atoms with Crippen LogP contribution < -0.4 is 20.7 Å². The lowest BCUT2D eigenvalue weighted by atomic mass is 10.2. The molecule has 5 nitrogen and oxygen atoms in total. The van der Waals surface area contributed by atoms with Crippen LogP contribution in [-0.4, -0.2) is 18.9 Å². The van der Waals surface area contributed by atoms with Crippen molar-refractivity contribution in [3.05, 3.63) is 20.4 Å². The van der Waals surface area contributed by atoms with Crippen LogP contribution in [0.4, 0.5) is 5.69 Å². The summed E-state index contributed by atoms with van der Waals surface area (Å²) in [5.41, 5.74) is -1.40.